The number of nitrogens with two attached hydrogens (primary N) is 1. The van der Waals surface area contributed by atoms with Gasteiger partial charge in [-0.1, -0.05) is 30.3 Å². The first-order chi connectivity index (χ1) is 13.6. The number of anilines is 1. The summed E-state index contributed by atoms with van der Waals surface area (Å²) in [5.41, 5.74) is 5.90. The predicted octanol–water partition coefficient (Wildman–Crippen LogP) is -0.609. The molecule has 10 nitrogen and oxygen atoms in total. The van der Waals surface area contributed by atoms with Crippen LogP contribution in [0.1, 0.15) is 5.56 Å². The summed E-state index contributed by atoms with van der Waals surface area (Å²) in [6.07, 6.45) is -1.03. The largest absolute Gasteiger partial charge is 0.394 e. The van der Waals surface area contributed by atoms with Gasteiger partial charge in [0.15, 0.2) is 17.2 Å². The van der Waals surface area contributed by atoms with E-state index in [0.717, 1.165) is 5.56 Å². The highest BCUT2D eigenvalue weighted by Crippen LogP contribution is 2.38. The minimum atomic E-state index is -1.54. The number of aromatic nitrogens is 4. The Bertz CT molecular complexity index is 952. The lowest BCUT2D eigenvalue weighted by Gasteiger charge is -2.33. The van der Waals surface area contributed by atoms with Crippen LogP contribution in [0.3, 0.4) is 0 Å². The summed E-state index contributed by atoms with van der Waals surface area (Å²) in [6.45, 7) is -0.323. The number of aliphatic hydroxyl groups excluding tert-OH is 3. The topological polar surface area (TPSA) is 149 Å². The van der Waals surface area contributed by atoms with Gasteiger partial charge in [0.25, 0.3) is 0 Å². The van der Waals surface area contributed by atoms with E-state index < -0.39 is 30.6 Å². The molecule has 28 heavy (non-hydrogen) atoms. The molecule has 1 aromatic carbocycles. The average molecular weight is 387 g/mol. The molecule has 1 fully saturated rings. The van der Waals surface area contributed by atoms with Crippen molar-refractivity contribution in [2.75, 3.05) is 18.9 Å². The van der Waals surface area contributed by atoms with E-state index in [-0.39, 0.29) is 19.0 Å². The summed E-state index contributed by atoms with van der Waals surface area (Å²) in [4.78, 5) is 12.3. The summed E-state index contributed by atoms with van der Waals surface area (Å²) in [6, 6.07) is 9.50. The molecule has 0 spiro atoms. The van der Waals surface area contributed by atoms with Crippen LogP contribution in [0.4, 0.5) is 5.82 Å². The third kappa shape index (κ3) is 3.01. The average Bonchev–Trinajstić information content (AvgIpc) is 3.25. The molecular weight excluding hydrogens is 366 g/mol. The molecule has 2 aromatic heterocycles. The van der Waals surface area contributed by atoms with Crippen molar-refractivity contribution in [3.05, 3.63) is 48.5 Å². The molecule has 0 unspecified atom stereocenters. The van der Waals surface area contributed by atoms with Crippen LogP contribution >= 0.6 is 0 Å². The van der Waals surface area contributed by atoms with Gasteiger partial charge in [-0.25, -0.2) is 15.0 Å². The van der Waals surface area contributed by atoms with Crippen LogP contribution in [0, 0.1) is 0 Å². The minimum Gasteiger partial charge on any atom is -0.394 e. The Kier molecular flexibility index (Phi) is 4.96. The van der Waals surface area contributed by atoms with Gasteiger partial charge in [0.05, 0.1) is 26.1 Å². The van der Waals surface area contributed by atoms with Crippen molar-refractivity contribution in [1.29, 1.82) is 0 Å². The first-order valence-corrected chi connectivity index (χ1v) is 8.77. The number of hydrogen-bond donors (Lipinski definition) is 4. The number of imidazole rings is 1. The molecule has 3 aromatic rings. The lowest BCUT2D eigenvalue weighted by Crippen LogP contribution is -2.49. The highest BCUT2D eigenvalue weighted by molar-refractivity contribution is 5.81. The van der Waals surface area contributed by atoms with E-state index in [1.54, 1.807) is 0 Å². The highest BCUT2D eigenvalue weighted by Gasteiger charge is 2.56. The molecule has 10 heteroatoms. The van der Waals surface area contributed by atoms with Gasteiger partial charge in [-0.2, -0.15) is 0 Å². The van der Waals surface area contributed by atoms with Crippen LogP contribution in [0.15, 0.2) is 43.0 Å². The Hall–Kier alpha value is -2.63. The number of hydrogen-bond acceptors (Lipinski definition) is 9. The second-order valence-electron chi connectivity index (χ2n) is 6.64. The first kappa shape index (κ1) is 18.7. The van der Waals surface area contributed by atoms with E-state index in [4.69, 9.17) is 15.2 Å². The van der Waals surface area contributed by atoms with Gasteiger partial charge in [0, 0.05) is 0 Å². The van der Waals surface area contributed by atoms with Crippen LogP contribution in [0.5, 0.6) is 0 Å². The molecule has 0 amide bonds. The van der Waals surface area contributed by atoms with E-state index in [2.05, 4.69) is 15.0 Å². The van der Waals surface area contributed by atoms with Gasteiger partial charge >= 0.3 is 0 Å². The number of rotatable bonds is 6. The molecule has 0 saturated carbocycles. The highest BCUT2D eigenvalue weighted by atomic mass is 16.6. The maximum atomic E-state index is 10.8. The molecule has 0 bridgehead atoms. The van der Waals surface area contributed by atoms with Crippen molar-refractivity contribution in [2.24, 2.45) is 0 Å². The lowest BCUT2D eigenvalue weighted by molar-refractivity contribution is -0.183. The third-order valence-corrected chi connectivity index (χ3v) is 4.89. The fraction of sp³-hybridized carbons (Fsp3) is 0.389. The number of aliphatic hydroxyl groups is 3. The summed E-state index contributed by atoms with van der Waals surface area (Å²) >= 11 is 0. The maximum absolute atomic E-state index is 10.8. The fourth-order valence-electron chi connectivity index (χ4n) is 3.42. The third-order valence-electron chi connectivity index (χ3n) is 4.89. The van der Waals surface area contributed by atoms with Crippen molar-refractivity contribution in [3.8, 4) is 0 Å². The summed E-state index contributed by atoms with van der Waals surface area (Å²) in [5.74, 6) is 0.177. The van der Waals surface area contributed by atoms with Gasteiger partial charge < -0.3 is 30.5 Å². The molecule has 0 radical (unpaired) electrons. The molecule has 4 atom stereocenters. The van der Waals surface area contributed by atoms with E-state index in [1.807, 2.05) is 30.3 Å². The molecule has 1 aliphatic rings. The van der Waals surface area contributed by atoms with Gasteiger partial charge in [0.1, 0.15) is 30.2 Å². The lowest BCUT2D eigenvalue weighted by atomic mass is 10.0. The van der Waals surface area contributed by atoms with Crippen LogP contribution in [0.2, 0.25) is 0 Å². The Balaban J connectivity index is 1.70. The van der Waals surface area contributed by atoms with Crippen LogP contribution in [-0.4, -0.2) is 66.4 Å². The van der Waals surface area contributed by atoms with Gasteiger partial charge in [-0.15, -0.1) is 0 Å². The quantitative estimate of drug-likeness (QED) is 0.434. The number of nitrogen functional groups attached to an aromatic ring is 1. The number of ether oxygens (including phenoxy) is 2. The van der Waals surface area contributed by atoms with Crippen LogP contribution in [0.25, 0.3) is 11.2 Å². The molecule has 0 aliphatic carbocycles. The van der Waals surface area contributed by atoms with Gasteiger partial charge in [-0.05, 0) is 5.56 Å². The van der Waals surface area contributed by atoms with E-state index in [0.29, 0.717) is 11.2 Å². The normalized spacial score (nSPS) is 27.5. The van der Waals surface area contributed by atoms with E-state index in [9.17, 15) is 15.3 Å². The van der Waals surface area contributed by atoms with Crippen molar-refractivity contribution in [3.63, 3.8) is 0 Å². The van der Waals surface area contributed by atoms with Crippen molar-refractivity contribution in [2.45, 2.75) is 30.6 Å². The monoisotopic (exact) mass is 387 g/mol. The summed E-state index contributed by atoms with van der Waals surface area (Å²) < 4.78 is 13.2. The Morgan fingerprint density at radius 1 is 1.18 bits per heavy atom. The zero-order chi connectivity index (χ0) is 19.7. The van der Waals surface area contributed by atoms with E-state index >= 15 is 0 Å². The van der Waals surface area contributed by atoms with Crippen LogP contribution < -0.4 is 5.73 Å². The molecule has 1 saturated heterocycles. The van der Waals surface area contributed by atoms with Crippen LogP contribution in [-0.2, 0) is 21.8 Å². The summed E-state index contributed by atoms with van der Waals surface area (Å²) in [5, 5.41) is 30.7. The number of nitrogens with zero attached hydrogens (tertiary/aromatic N) is 4. The SMILES string of the molecule is Nc1ncnc2c1ncn2[C@]1(COCc2ccccc2)O[C@H](CO)[C@@H](O)[C@H]1O. The fourth-order valence-corrected chi connectivity index (χ4v) is 3.42. The zero-order valence-corrected chi connectivity index (χ0v) is 14.9. The molecule has 4 rings (SSSR count). The Labute approximate surface area is 160 Å². The predicted molar refractivity (Wildman–Crippen MR) is 97.8 cm³/mol. The first-order valence-electron chi connectivity index (χ1n) is 8.77. The van der Waals surface area contributed by atoms with E-state index in [1.165, 1.54) is 17.2 Å². The minimum absolute atomic E-state index is 0.119. The second kappa shape index (κ2) is 7.41. The maximum Gasteiger partial charge on any atom is 0.200 e. The van der Waals surface area contributed by atoms with Gasteiger partial charge in [0.2, 0.25) is 0 Å². The standard InChI is InChI=1S/C18H21N5O5/c19-16-13-17(21-9-20-16)23(10-22-13)18(15(26)14(25)12(6-24)28-18)8-27-7-11-4-2-1-3-5-11/h1-5,9-10,12,14-15,24-26H,6-8H2,(H2,19,20,21)/t12-,14-,15-,18-/m1/s1. The molecule has 3 heterocycles. The van der Waals surface area contributed by atoms with Crippen molar-refractivity contribution >= 4 is 17.0 Å². The molecule has 148 valence electrons. The summed E-state index contributed by atoms with van der Waals surface area (Å²) in [7, 11) is 0. The zero-order valence-electron chi connectivity index (χ0n) is 14.9. The van der Waals surface area contributed by atoms with Crippen molar-refractivity contribution < 1.29 is 24.8 Å². The second-order valence-corrected chi connectivity index (χ2v) is 6.64. The smallest absolute Gasteiger partial charge is 0.200 e. The Morgan fingerprint density at radius 3 is 2.68 bits per heavy atom. The van der Waals surface area contributed by atoms with Crippen molar-refractivity contribution in [1.82, 2.24) is 19.5 Å². The molecular formula is C18H21N5O5. The van der Waals surface area contributed by atoms with Gasteiger partial charge in [-0.3, -0.25) is 4.57 Å². The molecule has 5 N–H and O–H groups in total. The Morgan fingerprint density at radius 2 is 1.96 bits per heavy atom. The number of fused-ring (bicyclic) bond motifs is 1. The number of benzene rings is 1. The molecule has 1 aliphatic heterocycles.